The lowest BCUT2D eigenvalue weighted by molar-refractivity contribution is 1.24. The van der Waals surface area contributed by atoms with Crippen molar-refractivity contribution in [3.63, 3.8) is 0 Å². The molecule has 0 spiro atoms. The Morgan fingerprint density at radius 1 is 0.613 bits per heavy atom. The maximum Gasteiger partial charge on any atom is 0.145 e. The van der Waals surface area contributed by atoms with Crippen LogP contribution in [0, 0.1) is 0 Å². The molecule has 2 heterocycles. The van der Waals surface area contributed by atoms with Gasteiger partial charge < -0.3 is 0 Å². The van der Waals surface area contributed by atoms with Crippen molar-refractivity contribution in [1.82, 2.24) is 9.38 Å². The number of hydrogen-bond donors (Lipinski definition) is 0. The molecule has 0 aliphatic heterocycles. The van der Waals surface area contributed by atoms with Gasteiger partial charge in [0, 0.05) is 23.2 Å². The monoisotopic (exact) mass is 394 g/mol. The summed E-state index contributed by atoms with van der Waals surface area (Å²) in [5.74, 6) is 0. The molecule has 0 radical (unpaired) electrons. The average Bonchev–Trinajstić information content (AvgIpc) is 3.53. The number of hydrogen-bond acceptors (Lipinski definition) is 1. The summed E-state index contributed by atoms with van der Waals surface area (Å²) >= 11 is 0. The lowest BCUT2D eigenvalue weighted by atomic mass is 9.92. The molecule has 4 aromatic carbocycles. The van der Waals surface area contributed by atoms with E-state index in [1.165, 1.54) is 66.2 Å². The van der Waals surface area contributed by atoms with Gasteiger partial charge in [0.1, 0.15) is 5.65 Å². The van der Waals surface area contributed by atoms with Gasteiger partial charge in [-0.2, -0.15) is 0 Å². The van der Waals surface area contributed by atoms with Crippen molar-refractivity contribution in [3.8, 4) is 22.3 Å². The van der Waals surface area contributed by atoms with Crippen LogP contribution in [0.25, 0.3) is 49.6 Å². The van der Waals surface area contributed by atoms with Crippen LogP contribution in [-0.4, -0.2) is 9.38 Å². The van der Waals surface area contributed by atoms with E-state index in [2.05, 4.69) is 83.4 Å². The number of pyridine rings is 1. The van der Waals surface area contributed by atoms with Gasteiger partial charge >= 0.3 is 0 Å². The van der Waals surface area contributed by atoms with Crippen molar-refractivity contribution in [2.75, 3.05) is 0 Å². The zero-order valence-corrected chi connectivity index (χ0v) is 16.9. The predicted molar refractivity (Wildman–Crippen MR) is 127 cm³/mol. The molecule has 2 aliphatic rings. The Balaban J connectivity index is 1.61. The van der Waals surface area contributed by atoms with E-state index >= 15 is 0 Å². The lowest BCUT2D eigenvalue weighted by Crippen LogP contribution is -1.97. The van der Waals surface area contributed by atoms with Crippen LogP contribution in [0.2, 0.25) is 0 Å². The zero-order chi connectivity index (χ0) is 20.1. The molecule has 0 saturated heterocycles. The van der Waals surface area contributed by atoms with Gasteiger partial charge in [-0.3, -0.25) is 4.40 Å². The SMILES string of the molecule is c1ccc2c(c1)Cc1c-2ccc2c1c1c3c(ccc1n1ccnc21)-c1ccccc1C3. The largest absolute Gasteiger partial charge is 0.299 e. The Kier molecular flexibility index (Phi) is 2.77. The Morgan fingerprint density at radius 3 is 2.00 bits per heavy atom. The highest BCUT2D eigenvalue weighted by Crippen LogP contribution is 2.47. The fraction of sp³-hybridized carbons (Fsp3) is 0.0690. The van der Waals surface area contributed by atoms with Crippen LogP contribution < -0.4 is 0 Å². The first-order valence-electron chi connectivity index (χ1n) is 10.9. The zero-order valence-electron chi connectivity index (χ0n) is 16.9. The second kappa shape index (κ2) is 5.41. The highest BCUT2D eigenvalue weighted by Gasteiger charge is 2.27. The van der Waals surface area contributed by atoms with Gasteiger partial charge in [0.2, 0.25) is 0 Å². The molecule has 0 N–H and O–H groups in total. The fourth-order valence-corrected chi connectivity index (χ4v) is 6.06. The normalized spacial score (nSPS) is 13.5. The Hall–Kier alpha value is -3.91. The third-order valence-electron chi connectivity index (χ3n) is 7.34. The molecular formula is C29H18N2. The highest BCUT2D eigenvalue weighted by atomic mass is 15.0. The van der Waals surface area contributed by atoms with Crippen molar-refractivity contribution in [1.29, 1.82) is 0 Å². The van der Waals surface area contributed by atoms with Crippen LogP contribution in [0.1, 0.15) is 22.3 Å². The summed E-state index contributed by atoms with van der Waals surface area (Å²) < 4.78 is 2.27. The number of aromatic nitrogens is 2. The minimum atomic E-state index is 0.992. The van der Waals surface area contributed by atoms with Crippen molar-refractivity contribution < 1.29 is 0 Å². The van der Waals surface area contributed by atoms with E-state index in [9.17, 15) is 0 Å². The van der Waals surface area contributed by atoms with E-state index < -0.39 is 0 Å². The first kappa shape index (κ1) is 15.9. The number of fused-ring (bicyclic) bond motifs is 14. The van der Waals surface area contributed by atoms with Crippen LogP contribution >= 0.6 is 0 Å². The summed E-state index contributed by atoms with van der Waals surface area (Å²) in [4.78, 5) is 4.77. The van der Waals surface area contributed by atoms with Gasteiger partial charge in [-0.25, -0.2) is 4.98 Å². The number of benzene rings is 4. The van der Waals surface area contributed by atoms with Gasteiger partial charge in [-0.15, -0.1) is 0 Å². The van der Waals surface area contributed by atoms with Gasteiger partial charge in [0.25, 0.3) is 0 Å². The van der Waals surface area contributed by atoms with Gasteiger partial charge in [0.05, 0.1) is 5.52 Å². The Bertz CT molecular complexity index is 1610. The quantitative estimate of drug-likeness (QED) is 0.259. The molecule has 0 fully saturated rings. The number of imidazole rings is 1. The molecular weight excluding hydrogens is 376 g/mol. The van der Waals surface area contributed by atoms with E-state index in [-0.39, 0.29) is 0 Å². The Labute approximate surface area is 179 Å². The molecule has 2 aliphatic carbocycles. The molecule has 31 heavy (non-hydrogen) atoms. The Morgan fingerprint density at radius 2 is 1.26 bits per heavy atom. The maximum atomic E-state index is 4.77. The van der Waals surface area contributed by atoms with Gasteiger partial charge in [0.15, 0.2) is 0 Å². The molecule has 0 unspecified atom stereocenters. The minimum absolute atomic E-state index is 0.992. The van der Waals surface area contributed by atoms with E-state index in [1.54, 1.807) is 0 Å². The van der Waals surface area contributed by atoms with Crippen LogP contribution in [0.4, 0.5) is 0 Å². The molecule has 144 valence electrons. The van der Waals surface area contributed by atoms with E-state index in [0.29, 0.717) is 0 Å². The first-order chi connectivity index (χ1) is 15.4. The third-order valence-corrected chi connectivity index (χ3v) is 7.34. The molecule has 2 heteroatoms. The summed E-state index contributed by atoms with van der Waals surface area (Å²) in [7, 11) is 0. The summed E-state index contributed by atoms with van der Waals surface area (Å²) in [5.41, 5.74) is 13.6. The summed E-state index contributed by atoms with van der Waals surface area (Å²) in [6.07, 6.45) is 6.02. The molecule has 0 atom stereocenters. The topological polar surface area (TPSA) is 17.3 Å². The van der Waals surface area contributed by atoms with Crippen molar-refractivity contribution >= 4 is 27.3 Å². The highest BCUT2D eigenvalue weighted by molar-refractivity contribution is 6.18. The maximum absolute atomic E-state index is 4.77. The van der Waals surface area contributed by atoms with Crippen LogP contribution in [-0.2, 0) is 12.8 Å². The van der Waals surface area contributed by atoms with Crippen molar-refractivity contribution in [3.05, 3.63) is 107 Å². The number of rotatable bonds is 0. The molecule has 6 aromatic rings. The minimum Gasteiger partial charge on any atom is -0.299 e. The second-order valence-corrected chi connectivity index (χ2v) is 8.79. The standard InChI is InChI=1S/C29H18N2/c1-3-7-19-17(5-1)15-24-21(19)9-10-23-27(24)28-25-16-18-6-2-4-8-20(18)22(25)11-12-26(28)31-14-13-30-29(23)31/h1-14H,15-16H2. The van der Waals surface area contributed by atoms with E-state index in [1.807, 2.05) is 6.20 Å². The summed E-state index contributed by atoms with van der Waals surface area (Å²) in [6, 6.07) is 26.9. The van der Waals surface area contributed by atoms with E-state index in [0.717, 1.165) is 18.5 Å². The fourth-order valence-electron chi connectivity index (χ4n) is 6.06. The third kappa shape index (κ3) is 1.87. The molecule has 0 bridgehead atoms. The average molecular weight is 394 g/mol. The second-order valence-electron chi connectivity index (χ2n) is 8.79. The molecule has 2 aromatic heterocycles. The molecule has 0 amide bonds. The molecule has 2 nitrogen and oxygen atoms in total. The predicted octanol–water partition coefficient (Wildman–Crippen LogP) is 6.78. The van der Waals surface area contributed by atoms with Crippen LogP contribution in [0.5, 0.6) is 0 Å². The number of nitrogens with zero attached hydrogens (tertiary/aromatic N) is 2. The van der Waals surface area contributed by atoms with Crippen LogP contribution in [0.15, 0.2) is 85.2 Å². The van der Waals surface area contributed by atoms with E-state index in [4.69, 9.17) is 4.98 Å². The summed E-state index contributed by atoms with van der Waals surface area (Å²) in [6.45, 7) is 0. The van der Waals surface area contributed by atoms with Gasteiger partial charge in [-0.1, -0.05) is 60.7 Å². The molecule has 8 rings (SSSR count). The summed E-state index contributed by atoms with van der Waals surface area (Å²) in [5, 5.41) is 4.05. The first-order valence-corrected chi connectivity index (χ1v) is 10.9. The van der Waals surface area contributed by atoms with Crippen molar-refractivity contribution in [2.45, 2.75) is 12.8 Å². The van der Waals surface area contributed by atoms with Crippen LogP contribution in [0.3, 0.4) is 0 Å². The smallest absolute Gasteiger partial charge is 0.145 e. The van der Waals surface area contributed by atoms with Gasteiger partial charge in [-0.05, 0) is 74.9 Å². The lowest BCUT2D eigenvalue weighted by Gasteiger charge is -2.15. The molecule has 0 saturated carbocycles. The van der Waals surface area contributed by atoms with Crippen molar-refractivity contribution in [2.24, 2.45) is 0 Å².